The lowest BCUT2D eigenvalue weighted by atomic mass is 9.93. The summed E-state index contributed by atoms with van der Waals surface area (Å²) < 4.78 is 4.82. The van der Waals surface area contributed by atoms with Crippen molar-refractivity contribution in [1.82, 2.24) is 0 Å². The van der Waals surface area contributed by atoms with Crippen molar-refractivity contribution in [3.05, 3.63) is 29.8 Å². The van der Waals surface area contributed by atoms with Crippen LogP contribution in [0.25, 0.3) is 0 Å². The van der Waals surface area contributed by atoms with E-state index in [1.54, 1.807) is 0 Å². The van der Waals surface area contributed by atoms with Crippen molar-refractivity contribution in [2.75, 3.05) is 25.6 Å². The van der Waals surface area contributed by atoms with Gasteiger partial charge in [0.2, 0.25) is 0 Å². The summed E-state index contributed by atoms with van der Waals surface area (Å²) in [6.07, 6.45) is 1.04. The van der Waals surface area contributed by atoms with Crippen molar-refractivity contribution >= 4 is 11.7 Å². The number of hydrogen-bond acceptors (Lipinski definition) is 3. The van der Waals surface area contributed by atoms with E-state index in [0.717, 1.165) is 12.1 Å². The van der Waals surface area contributed by atoms with Crippen molar-refractivity contribution in [3.63, 3.8) is 0 Å². The van der Waals surface area contributed by atoms with Crippen molar-refractivity contribution in [2.45, 2.75) is 27.2 Å². The van der Waals surface area contributed by atoms with Gasteiger partial charge in [0, 0.05) is 19.3 Å². The van der Waals surface area contributed by atoms with E-state index in [2.05, 4.69) is 36.1 Å². The molecule has 0 aliphatic carbocycles. The van der Waals surface area contributed by atoms with Crippen LogP contribution in [0.4, 0.5) is 5.69 Å². The summed E-state index contributed by atoms with van der Waals surface area (Å²) in [7, 11) is 3.42. The van der Waals surface area contributed by atoms with E-state index in [1.165, 1.54) is 12.7 Å². The minimum absolute atomic E-state index is 0.181. The van der Waals surface area contributed by atoms with Gasteiger partial charge in [-0.2, -0.15) is 0 Å². The van der Waals surface area contributed by atoms with Gasteiger partial charge >= 0.3 is 5.97 Å². The number of nitrogens with zero attached hydrogens (tertiary/aromatic N) is 1. The third-order valence-electron chi connectivity index (χ3n) is 3.16. The molecule has 3 heteroatoms. The molecule has 0 saturated heterocycles. The van der Waals surface area contributed by atoms with Crippen molar-refractivity contribution in [1.29, 1.82) is 0 Å². The van der Waals surface area contributed by atoms with Crippen molar-refractivity contribution in [3.8, 4) is 0 Å². The zero-order valence-corrected chi connectivity index (χ0v) is 12.0. The number of carbonyl (C=O) groups excluding carboxylic acids is 1. The van der Waals surface area contributed by atoms with Gasteiger partial charge in [0.25, 0.3) is 0 Å². The van der Waals surface area contributed by atoms with Crippen molar-refractivity contribution < 1.29 is 9.53 Å². The molecule has 0 heterocycles. The number of rotatable bonds is 5. The first-order valence-corrected chi connectivity index (χ1v) is 6.29. The fourth-order valence-electron chi connectivity index (χ4n) is 2.01. The van der Waals surface area contributed by atoms with E-state index in [1.807, 2.05) is 20.9 Å². The second-order valence-electron chi connectivity index (χ2n) is 5.25. The van der Waals surface area contributed by atoms with E-state index >= 15 is 0 Å². The summed E-state index contributed by atoms with van der Waals surface area (Å²) in [5.74, 6) is -0.181. The maximum Gasteiger partial charge on any atom is 0.313 e. The van der Waals surface area contributed by atoms with E-state index in [4.69, 9.17) is 4.74 Å². The molecule has 0 atom stereocenters. The second-order valence-corrected chi connectivity index (χ2v) is 5.25. The van der Waals surface area contributed by atoms with Gasteiger partial charge in [-0.1, -0.05) is 19.1 Å². The Hall–Kier alpha value is -1.51. The molecule has 0 fully saturated rings. The second kappa shape index (κ2) is 5.89. The van der Waals surface area contributed by atoms with Crippen LogP contribution in [0, 0.1) is 5.41 Å². The van der Waals surface area contributed by atoms with Gasteiger partial charge in [0.05, 0.1) is 12.5 Å². The molecular weight excluding hydrogens is 226 g/mol. The molecule has 1 aromatic rings. The number of esters is 1. The third kappa shape index (κ3) is 3.49. The maximum atomic E-state index is 11.7. The van der Waals surface area contributed by atoms with E-state index in [0.29, 0.717) is 6.54 Å². The molecule has 0 aliphatic heterocycles. The standard InChI is InChI=1S/C15H23NO2/c1-6-12-7-9-13(10-8-12)16(4)11-15(2,3)14(17)18-5/h7-10H,6,11H2,1-5H3. The minimum atomic E-state index is -0.507. The molecule has 100 valence electrons. The van der Waals surface area contributed by atoms with Gasteiger partial charge in [-0.05, 0) is 38.0 Å². The van der Waals surface area contributed by atoms with Crippen LogP contribution in [0.2, 0.25) is 0 Å². The smallest absolute Gasteiger partial charge is 0.313 e. The molecule has 0 spiro atoms. The summed E-state index contributed by atoms with van der Waals surface area (Å²) >= 11 is 0. The van der Waals surface area contributed by atoms with E-state index in [-0.39, 0.29) is 5.97 Å². The van der Waals surface area contributed by atoms with Gasteiger partial charge in [-0.3, -0.25) is 4.79 Å². The highest BCUT2D eigenvalue weighted by Crippen LogP contribution is 2.22. The third-order valence-corrected chi connectivity index (χ3v) is 3.16. The molecule has 18 heavy (non-hydrogen) atoms. The van der Waals surface area contributed by atoms with Gasteiger partial charge in [0.15, 0.2) is 0 Å². The topological polar surface area (TPSA) is 29.5 Å². The number of hydrogen-bond donors (Lipinski definition) is 0. The highest BCUT2D eigenvalue weighted by molar-refractivity contribution is 5.76. The van der Waals surface area contributed by atoms with Crippen LogP contribution in [0.1, 0.15) is 26.3 Å². The van der Waals surface area contributed by atoms with Crippen LogP contribution >= 0.6 is 0 Å². The highest BCUT2D eigenvalue weighted by atomic mass is 16.5. The zero-order valence-electron chi connectivity index (χ0n) is 12.0. The van der Waals surface area contributed by atoms with Gasteiger partial charge < -0.3 is 9.64 Å². The number of benzene rings is 1. The molecule has 3 nitrogen and oxygen atoms in total. The first-order chi connectivity index (χ1) is 8.40. The van der Waals surface area contributed by atoms with Crippen LogP contribution in [0.15, 0.2) is 24.3 Å². The van der Waals surface area contributed by atoms with E-state index in [9.17, 15) is 4.79 Å². The lowest BCUT2D eigenvalue weighted by Crippen LogP contribution is -2.38. The van der Waals surface area contributed by atoms with E-state index < -0.39 is 5.41 Å². The summed E-state index contributed by atoms with van der Waals surface area (Å²) in [5, 5.41) is 0. The van der Waals surface area contributed by atoms with Gasteiger partial charge in [0.1, 0.15) is 0 Å². The Morgan fingerprint density at radius 3 is 2.28 bits per heavy atom. The number of aryl methyl sites for hydroxylation is 1. The largest absolute Gasteiger partial charge is 0.469 e. The average molecular weight is 249 g/mol. The average Bonchev–Trinajstić information content (AvgIpc) is 2.37. The van der Waals surface area contributed by atoms with Crippen LogP contribution in [-0.4, -0.2) is 26.7 Å². The number of methoxy groups -OCH3 is 1. The molecule has 0 bridgehead atoms. The SMILES string of the molecule is CCc1ccc(N(C)CC(C)(C)C(=O)OC)cc1. The number of ether oxygens (including phenoxy) is 1. The monoisotopic (exact) mass is 249 g/mol. The summed E-state index contributed by atoms with van der Waals surface area (Å²) in [6, 6.07) is 8.42. The van der Waals surface area contributed by atoms with Crippen LogP contribution in [-0.2, 0) is 16.0 Å². The fraction of sp³-hybridized carbons (Fsp3) is 0.533. The van der Waals surface area contributed by atoms with Crippen LogP contribution in [0.5, 0.6) is 0 Å². The normalized spacial score (nSPS) is 11.2. The molecule has 0 aromatic heterocycles. The minimum Gasteiger partial charge on any atom is -0.469 e. The first-order valence-electron chi connectivity index (χ1n) is 6.29. The number of carbonyl (C=O) groups is 1. The van der Waals surface area contributed by atoms with Crippen LogP contribution < -0.4 is 4.90 Å². The predicted molar refractivity (Wildman–Crippen MR) is 74.9 cm³/mol. The molecule has 1 aromatic carbocycles. The Labute approximate surface area is 110 Å². The van der Waals surface area contributed by atoms with Crippen molar-refractivity contribution in [2.24, 2.45) is 5.41 Å². The zero-order chi connectivity index (χ0) is 13.8. The Bertz CT molecular complexity index is 395. The molecule has 0 amide bonds. The molecule has 0 saturated carbocycles. The van der Waals surface area contributed by atoms with Crippen LogP contribution in [0.3, 0.4) is 0 Å². The summed E-state index contributed by atoms with van der Waals surface area (Å²) in [4.78, 5) is 13.7. The lowest BCUT2D eigenvalue weighted by Gasteiger charge is -2.29. The Morgan fingerprint density at radius 2 is 1.83 bits per heavy atom. The summed E-state index contributed by atoms with van der Waals surface area (Å²) in [5.41, 5.74) is 1.93. The molecule has 0 N–H and O–H groups in total. The molecule has 1 rings (SSSR count). The molecule has 0 aliphatic rings. The first kappa shape index (κ1) is 14.6. The molecule has 0 unspecified atom stereocenters. The number of anilines is 1. The Kier molecular flexibility index (Phi) is 4.76. The van der Waals surface area contributed by atoms with Gasteiger partial charge in [-0.15, -0.1) is 0 Å². The Balaban J connectivity index is 2.75. The van der Waals surface area contributed by atoms with Gasteiger partial charge in [-0.25, -0.2) is 0 Å². The fourth-order valence-corrected chi connectivity index (χ4v) is 2.01. The summed E-state index contributed by atoms with van der Waals surface area (Å²) in [6.45, 7) is 6.57. The lowest BCUT2D eigenvalue weighted by molar-refractivity contribution is -0.150. The molecule has 0 radical (unpaired) electrons. The molecular formula is C15H23NO2. The predicted octanol–water partition coefficient (Wildman–Crippen LogP) is 2.88. The quantitative estimate of drug-likeness (QED) is 0.751. The maximum absolute atomic E-state index is 11.7. The highest BCUT2D eigenvalue weighted by Gasteiger charge is 2.30. The Morgan fingerprint density at radius 1 is 1.28 bits per heavy atom.